The van der Waals surface area contributed by atoms with Gasteiger partial charge in [-0.2, -0.15) is 0 Å². The van der Waals surface area contributed by atoms with Crippen molar-refractivity contribution < 1.29 is 9.57 Å². The van der Waals surface area contributed by atoms with E-state index in [1.165, 1.54) is 0 Å². The van der Waals surface area contributed by atoms with Crippen molar-refractivity contribution in [2.24, 2.45) is 5.16 Å². The number of oxime groups is 1. The smallest absolute Gasteiger partial charge is 0.145 e. The molecule has 1 unspecified atom stereocenters. The molecular formula is C14H18BrClN2O2. The van der Waals surface area contributed by atoms with Crippen molar-refractivity contribution in [3.8, 4) is 0 Å². The molecule has 2 aliphatic heterocycles. The van der Waals surface area contributed by atoms with Gasteiger partial charge in [-0.3, -0.25) is 4.90 Å². The number of ether oxygens (including phenoxy) is 1. The molecule has 0 bridgehead atoms. The number of rotatable bonds is 3. The van der Waals surface area contributed by atoms with Gasteiger partial charge in [0.25, 0.3) is 0 Å². The van der Waals surface area contributed by atoms with Crippen molar-refractivity contribution in [2.45, 2.75) is 12.5 Å². The summed E-state index contributed by atoms with van der Waals surface area (Å²) in [7, 11) is 0. The fourth-order valence-corrected chi connectivity index (χ4v) is 2.68. The Bertz CT molecular complexity index is 461. The molecule has 0 saturated carbocycles. The summed E-state index contributed by atoms with van der Waals surface area (Å²) in [5.41, 5.74) is 2.19. The summed E-state index contributed by atoms with van der Waals surface area (Å²) >= 11 is 3.44. The van der Waals surface area contributed by atoms with Crippen LogP contribution in [0.5, 0.6) is 0 Å². The van der Waals surface area contributed by atoms with Crippen molar-refractivity contribution in [3.05, 3.63) is 34.3 Å². The number of benzene rings is 1. The minimum absolute atomic E-state index is 0. The fraction of sp³-hybridized carbons (Fsp3) is 0.500. The molecule has 0 aromatic heterocycles. The second-order valence-electron chi connectivity index (χ2n) is 4.89. The summed E-state index contributed by atoms with van der Waals surface area (Å²) in [5, 5.41) is 4.23. The first-order valence-corrected chi connectivity index (χ1v) is 7.39. The third kappa shape index (κ3) is 3.95. The SMILES string of the molecule is Brc1ccc(C2=NOC(CN3CCOCC3)C2)cc1.Cl. The summed E-state index contributed by atoms with van der Waals surface area (Å²) in [6, 6.07) is 8.22. The Balaban J connectivity index is 0.00000147. The molecule has 1 aromatic rings. The molecule has 4 nitrogen and oxygen atoms in total. The molecular weight excluding hydrogens is 344 g/mol. The molecule has 20 heavy (non-hydrogen) atoms. The zero-order valence-electron chi connectivity index (χ0n) is 11.1. The van der Waals surface area contributed by atoms with E-state index in [1.54, 1.807) is 0 Å². The van der Waals surface area contributed by atoms with Crippen molar-refractivity contribution in [1.29, 1.82) is 0 Å². The van der Waals surface area contributed by atoms with E-state index in [-0.39, 0.29) is 18.5 Å². The van der Waals surface area contributed by atoms with Crippen LogP contribution >= 0.6 is 28.3 Å². The van der Waals surface area contributed by atoms with Gasteiger partial charge in [0.2, 0.25) is 0 Å². The minimum atomic E-state index is 0. The molecule has 0 N–H and O–H groups in total. The Kier molecular flexibility index (Phi) is 5.84. The monoisotopic (exact) mass is 360 g/mol. The molecule has 2 aliphatic rings. The molecule has 0 amide bonds. The Hall–Kier alpha value is -0.620. The topological polar surface area (TPSA) is 34.1 Å². The summed E-state index contributed by atoms with van der Waals surface area (Å²) in [6.07, 6.45) is 1.07. The van der Waals surface area contributed by atoms with E-state index < -0.39 is 0 Å². The van der Waals surface area contributed by atoms with Gasteiger partial charge in [0.15, 0.2) is 0 Å². The van der Waals surface area contributed by atoms with Gasteiger partial charge in [0.05, 0.1) is 18.9 Å². The lowest BCUT2D eigenvalue weighted by Crippen LogP contribution is -2.41. The Labute approximate surface area is 133 Å². The van der Waals surface area contributed by atoms with Crippen LogP contribution in [-0.4, -0.2) is 49.6 Å². The maximum atomic E-state index is 5.55. The molecule has 2 heterocycles. The van der Waals surface area contributed by atoms with Gasteiger partial charge < -0.3 is 9.57 Å². The van der Waals surface area contributed by atoms with Crippen LogP contribution in [0.4, 0.5) is 0 Å². The van der Waals surface area contributed by atoms with Crippen LogP contribution < -0.4 is 0 Å². The molecule has 1 saturated heterocycles. The molecule has 110 valence electrons. The van der Waals surface area contributed by atoms with Gasteiger partial charge in [0, 0.05) is 30.5 Å². The quantitative estimate of drug-likeness (QED) is 0.830. The Morgan fingerprint density at radius 1 is 1.20 bits per heavy atom. The van der Waals surface area contributed by atoms with E-state index in [9.17, 15) is 0 Å². The zero-order chi connectivity index (χ0) is 13.1. The Morgan fingerprint density at radius 2 is 1.90 bits per heavy atom. The van der Waals surface area contributed by atoms with Crippen molar-refractivity contribution in [2.75, 3.05) is 32.8 Å². The third-order valence-electron chi connectivity index (χ3n) is 3.48. The molecule has 6 heteroatoms. The normalized spacial score (nSPS) is 22.9. The van der Waals surface area contributed by atoms with Crippen LogP contribution in [0.1, 0.15) is 12.0 Å². The van der Waals surface area contributed by atoms with Gasteiger partial charge in [-0.05, 0) is 17.7 Å². The second kappa shape index (κ2) is 7.41. The maximum absolute atomic E-state index is 5.55. The van der Waals surface area contributed by atoms with Gasteiger partial charge in [-0.1, -0.05) is 33.2 Å². The van der Waals surface area contributed by atoms with E-state index >= 15 is 0 Å². The number of halogens is 2. The first kappa shape index (κ1) is 15.8. The van der Waals surface area contributed by atoms with Crippen LogP contribution in [0.15, 0.2) is 33.9 Å². The lowest BCUT2D eigenvalue weighted by atomic mass is 10.0. The first-order chi connectivity index (χ1) is 9.31. The van der Waals surface area contributed by atoms with Gasteiger partial charge in [0.1, 0.15) is 6.10 Å². The first-order valence-electron chi connectivity index (χ1n) is 6.60. The van der Waals surface area contributed by atoms with E-state index in [0.717, 1.165) is 55.0 Å². The molecule has 0 spiro atoms. The predicted octanol–water partition coefficient (Wildman–Crippen LogP) is 2.70. The molecule has 0 aliphatic carbocycles. The number of hydrogen-bond acceptors (Lipinski definition) is 4. The average molecular weight is 362 g/mol. The zero-order valence-corrected chi connectivity index (χ0v) is 13.5. The van der Waals surface area contributed by atoms with Crippen LogP contribution in [0, 0.1) is 0 Å². The van der Waals surface area contributed by atoms with Crippen LogP contribution in [0.3, 0.4) is 0 Å². The summed E-state index contributed by atoms with van der Waals surface area (Å²) < 4.78 is 6.43. The van der Waals surface area contributed by atoms with Crippen molar-refractivity contribution in [1.82, 2.24) is 4.90 Å². The van der Waals surface area contributed by atoms with Gasteiger partial charge >= 0.3 is 0 Å². The third-order valence-corrected chi connectivity index (χ3v) is 4.00. The highest BCUT2D eigenvalue weighted by Gasteiger charge is 2.25. The highest BCUT2D eigenvalue weighted by Crippen LogP contribution is 2.19. The molecule has 0 radical (unpaired) electrons. The highest BCUT2D eigenvalue weighted by molar-refractivity contribution is 9.10. The fourth-order valence-electron chi connectivity index (χ4n) is 2.41. The molecule has 1 fully saturated rings. The lowest BCUT2D eigenvalue weighted by molar-refractivity contribution is -0.0000387. The number of morpholine rings is 1. The maximum Gasteiger partial charge on any atom is 0.145 e. The minimum Gasteiger partial charge on any atom is -0.390 e. The van der Waals surface area contributed by atoms with Crippen molar-refractivity contribution in [3.63, 3.8) is 0 Å². The summed E-state index contributed by atoms with van der Waals surface area (Å²) in [6.45, 7) is 4.58. The standard InChI is InChI=1S/C14H17BrN2O2.ClH/c15-12-3-1-11(2-4-12)14-9-13(19-16-14)10-17-5-7-18-8-6-17;/h1-4,13H,5-10H2;1H. The van der Waals surface area contributed by atoms with Crippen LogP contribution in [0.25, 0.3) is 0 Å². The lowest BCUT2D eigenvalue weighted by Gasteiger charge is -2.27. The van der Waals surface area contributed by atoms with Gasteiger partial charge in [-0.25, -0.2) is 0 Å². The molecule has 1 aromatic carbocycles. The second-order valence-corrected chi connectivity index (χ2v) is 5.81. The van der Waals surface area contributed by atoms with E-state index in [0.29, 0.717) is 0 Å². The summed E-state index contributed by atoms with van der Waals surface area (Å²) in [5.74, 6) is 0. The van der Waals surface area contributed by atoms with E-state index in [1.807, 2.05) is 12.1 Å². The predicted molar refractivity (Wildman–Crippen MR) is 84.7 cm³/mol. The Morgan fingerprint density at radius 3 is 2.60 bits per heavy atom. The largest absolute Gasteiger partial charge is 0.390 e. The average Bonchev–Trinajstić information content (AvgIpc) is 2.89. The molecule has 1 atom stereocenters. The van der Waals surface area contributed by atoms with Crippen molar-refractivity contribution >= 4 is 34.0 Å². The molecule has 3 rings (SSSR count). The van der Waals surface area contributed by atoms with E-state index in [4.69, 9.17) is 9.57 Å². The van der Waals surface area contributed by atoms with Crippen LogP contribution in [-0.2, 0) is 9.57 Å². The summed E-state index contributed by atoms with van der Waals surface area (Å²) in [4.78, 5) is 7.93. The van der Waals surface area contributed by atoms with Gasteiger partial charge in [-0.15, -0.1) is 12.4 Å². The number of nitrogens with zero attached hydrogens (tertiary/aromatic N) is 2. The van der Waals surface area contributed by atoms with E-state index in [2.05, 4.69) is 38.1 Å². The number of hydrogen-bond donors (Lipinski definition) is 0. The van der Waals surface area contributed by atoms with Crippen LogP contribution in [0.2, 0.25) is 0 Å². The highest BCUT2D eigenvalue weighted by atomic mass is 79.9.